The van der Waals surface area contributed by atoms with Crippen molar-refractivity contribution >= 4 is 37.5 Å². The van der Waals surface area contributed by atoms with Crippen LogP contribution in [0.1, 0.15) is 5.56 Å². The fourth-order valence-electron chi connectivity index (χ4n) is 2.15. The molecule has 0 bridgehead atoms. The van der Waals surface area contributed by atoms with Crippen molar-refractivity contribution in [3.63, 3.8) is 0 Å². The first-order valence-corrected chi connectivity index (χ1v) is 10.1. The number of benzene rings is 2. The van der Waals surface area contributed by atoms with Crippen molar-refractivity contribution in [3.05, 3.63) is 58.6 Å². The maximum atomic E-state index is 12.2. The van der Waals surface area contributed by atoms with Gasteiger partial charge in [-0.1, -0.05) is 34.1 Å². The molecule has 0 fully saturated rings. The number of hydrogen-bond donors (Lipinski definition) is 1. The fraction of sp³-hybridized carbons (Fsp3) is 0.235. The quantitative estimate of drug-likeness (QED) is 0.738. The Kier molecular flexibility index (Phi) is 6.57. The highest BCUT2D eigenvalue weighted by Crippen LogP contribution is 2.17. The standard InChI is InChI=1S/C17H19BrN2O4S/c1-24-16-5-3-4-15(10-16)19-17(21)12-20(25(2,22)23)11-13-6-8-14(18)9-7-13/h3-10H,11-12H2,1-2H3,(H,19,21). The van der Waals surface area contributed by atoms with Gasteiger partial charge in [-0.2, -0.15) is 4.31 Å². The summed E-state index contributed by atoms with van der Waals surface area (Å²) in [6.45, 7) is -0.149. The van der Waals surface area contributed by atoms with Crippen LogP contribution in [-0.2, 0) is 21.4 Å². The largest absolute Gasteiger partial charge is 0.497 e. The smallest absolute Gasteiger partial charge is 0.239 e. The van der Waals surface area contributed by atoms with Gasteiger partial charge in [0.05, 0.1) is 19.9 Å². The zero-order valence-electron chi connectivity index (χ0n) is 13.9. The topological polar surface area (TPSA) is 75.7 Å². The zero-order chi connectivity index (χ0) is 18.4. The molecular weight excluding hydrogens is 408 g/mol. The highest BCUT2D eigenvalue weighted by molar-refractivity contribution is 9.10. The van der Waals surface area contributed by atoms with Gasteiger partial charge in [0, 0.05) is 22.8 Å². The van der Waals surface area contributed by atoms with Gasteiger partial charge in [-0.25, -0.2) is 8.42 Å². The molecule has 134 valence electrons. The van der Waals surface area contributed by atoms with Crippen LogP contribution in [0.3, 0.4) is 0 Å². The number of methoxy groups -OCH3 is 1. The number of amides is 1. The Balaban J connectivity index is 2.08. The molecular formula is C17H19BrN2O4S. The van der Waals surface area contributed by atoms with Crippen molar-refractivity contribution in [1.29, 1.82) is 0 Å². The van der Waals surface area contributed by atoms with Crippen LogP contribution >= 0.6 is 15.9 Å². The number of rotatable bonds is 7. The molecule has 1 N–H and O–H groups in total. The molecule has 2 aromatic rings. The molecule has 0 aliphatic carbocycles. The van der Waals surface area contributed by atoms with Crippen molar-refractivity contribution in [3.8, 4) is 5.75 Å². The Labute approximate surface area is 156 Å². The number of ether oxygens (including phenoxy) is 1. The summed E-state index contributed by atoms with van der Waals surface area (Å²) in [5.74, 6) is 0.184. The summed E-state index contributed by atoms with van der Waals surface area (Å²) < 4.78 is 31.1. The van der Waals surface area contributed by atoms with Gasteiger partial charge in [-0.05, 0) is 29.8 Å². The van der Waals surface area contributed by atoms with Crippen molar-refractivity contribution in [2.45, 2.75) is 6.54 Å². The molecule has 0 heterocycles. The van der Waals surface area contributed by atoms with E-state index in [4.69, 9.17) is 4.74 Å². The predicted octanol–water partition coefficient (Wildman–Crippen LogP) is 2.86. The highest BCUT2D eigenvalue weighted by atomic mass is 79.9. The molecule has 2 aromatic carbocycles. The van der Waals surface area contributed by atoms with Gasteiger partial charge in [-0.15, -0.1) is 0 Å². The second-order valence-electron chi connectivity index (χ2n) is 5.44. The third-order valence-electron chi connectivity index (χ3n) is 3.41. The number of carbonyl (C=O) groups excluding carboxylic acids is 1. The fourth-order valence-corrected chi connectivity index (χ4v) is 3.15. The molecule has 0 atom stereocenters. The van der Waals surface area contributed by atoms with Gasteiger partial charge in [0.15, 0.2) is 0 Å². The van der Waals surface area contributed by atoms with Crippen LogP contribution in [0, 0.1) is 0 Å². The molecule has 0 saturated carbocycles. The summed E-state index contributed by atoms with van der Waals surface area (Å²) in [5.41, 5.74) is 1.34. The van der Waals surface area contributed by atoms with Crippen molar-refractivity contribution in [2.24, 2.45) is 0 Å². The van der Waals surface area contributed by atoms with Gasteiger partial charge < -0.3 is 10.1 Å². The first-order chi connectivity index (χ1) is 11.8. The molecule has 8 heteroatoms. The summed E-state index contributed by atoms with van der Waals surface area (Å²) in [5, 5.41) is 2.68. The predicted molar refractivity (Wildman–Crippen MR) is 101 cm³/mol. The third kappa shape index (κ3) is 6.15. The second-order valence-corrected chi connectivity index (χ2v) is 8.34. The average molecular weight is 427 g/mol. The lowest BCUT2D eigenvalue weighted by Crippen LogP contribution is -2.36. The molecule has 25 heavy (non-hydrogen) atoms. The van der Waals surface area contributed by atoms with E-state index in [0.717, 1.165) is 20.6 Å². The van der Waals surface area contributed by atoms with Crippen molar-refractivity contribution in [2.75, 3.05) is 25.2 Å². The van der Waals surface area contributed by atoms with E-state index in [1.54, 1.807) is 24.3 Å². The minimum Gasteiger partial charge on any atom is -0.497 e. The third-order valence-corrected chi connectivity index (χ3v) is 5.14. The Morgan fingerprint density at radius 1 is 1.20 bits per heavy atom. The van der Waals surface area contributed by atoms with Crippen molar-refractivity contribution in [1.82, 2.24) is 4.31 Å². The molecule has 2 rings (SSSR count). The van der Waals surface area contributed by atoms with E-state index >= 15 is 0 Å². The zero-order valence-corrected chi connectivity index (χ0v) is 16.3. The van der Waals surface area contributed by atoms with Crippen LogP contribution in [0.5, 0.6) is 5.75 Å². The van der Waals surface area contributed by atoms with Gasteiger partial charge in [0.1, 0.15) is 5.75 Å². The number of nitrogens with zero attached hydrogens (tertiary/aromatic N) is 1. The van der Waals surface area contributed by atoms with E-state index in [9.17, 15) is 13.2 Å². The maximum absolute atomic E-state index is 12.2. The molecule has 0 radical (unpaired) electrons. The molecule has 1 amide bonds. The van der Waals surface area contributed by atoms with Gasteiger partial charge in [-0.3, -0.25) is 4.79 Å². The SMILES string of the molecule is COc1cccc(NC(=O)CN(Cc2ccc(Br)cc2)S(C)(=O)=O)c1. The van der Waals surface area contributed by atoms with Crippen molar-refractivity contribution < 1.29 is 17.9 Å². The van der Waals surface area contributed by atoms with E-state index in [1.807, 2.05) is 24.3 Å². The minimum atomic E-state index is -3.54. The van der Waals surface area contributed by atoms with E-state index < -0.39 is 15.9 Å². The number of anilines is 1. The lowest BCUT2D eigenvalue weighted by atomic mass is 10.2. The summed E-state index contributed by atoms with van der Waals surface area (Å²) in [6.07, 6.45) is 1.09. The lowest BCUT2D eigenvalue weighted by Gasteiger charge is -2.19. The molecule has 0 aliphatic heterocycles. The Morgan fingerprint density at radius 3 is 2.48 bits per heavy atom. The van der Waals surface area contributed by atoms with E-state index in [2.05, 4.69) is 21.2 Å². The van der Waals surface area contributed by atoms with Crippen LogP contribution in [0.2, 0.25) is 0 Å². The van der Waals surface area contributed by atoms with E-state index in [1.165, 1.54) is 7.11 Å². The Hall–Kier alpha value is -1.90. The van der Waals surface area contributed by atoms with E-state index in [-0.39, 0.29) is 13.1 Å². The molecule has 0 spiro atoms. The number of halogens is 1. The van der Waals surface area contributed by atoms with Crippen LogP contribution < -0.4 is 10.1 Å². The molecule has 0 saturated heterocycles. The molecule has 0 aromatic heterocycles. The van der Waals surface area contributed by atoms with Gasteiger partial charge in [0.2, 0.25) is 15.9 Å². The highest BCUT2D eigenvalue weighted by Gasteiger charge is 2.20. The number of sulfonamides is 1. The molecule has 0 aliphatic rings. The Morgan fingerprint density at radius 2 is 1.88 bits per heavy atom. The number of carbonyl (C=O) groups is 1. The second kappa shape index (κ2) is 8.46. The average Bonchev–Trinajstić information content (AvgIpc) is 2.55. The van der Waals surface area contributed by atoms with Crippen LogP contribution in [0.25, 0.3) is 0 Å². The van der Waals surface area contributed by atoms with Crippen LogP contribution in [0.4, 0.5) is 5.69 Å². The monoisotopic (exact) mass is 426 g/mol. The lowest BCUT2D eigenvalue weighted by molar-refractivity contribution is -0.116. The molecule has 0 unspecified atom stereocenters. The van der Waals surface area contributed by atoms with Crippen LogP contribution in [-0.4, -0.2) is 38.5 Å². The van der Waals surface area contributed by atoms with Gasteiger partial charge >= 0.3 is 0 Å². The normalized spacial score (nSPS) is 11.4. The summed E-state index contributed by atoms with van der Waals surface area (Å²) in [4.78, 5) is 12.2. The first kappa shape index (κ1) is 19.4. The first-order valence-electron chi connectivity index (χ1n) is 7.41. The number of nitrogens with one attached hydrogen (secondary N) is 1. The molecule has 6 nitrogen and oxygen atoms in total. The number of hydrogen-bond acceptors (Lipinski definition) is 4. The van der Waals surface area contributed by atoms with Crippen LogP contribution in [0.15, 0.2) is 53.0 Å². The summed E-state index contributed by atoms with van der Waals surface area (Å²) in [6, 6.07) is 14.1. The maximum Gasteiger partial charge on any atom is 0.239 e. The van der Waals surface area contributed by atoms with E-state index in [0.29, 0.717) is 11.4 Å². The summed E-state index contributed by atoms with van der Waals surface area (Å²) in [7, 11) is -2.01. The Bertz CT molecular complexity index is 838. The van der Waals surface area contributed by atoms with Gasteiger partial charge in [0.25, 0.3) is 0 Å². The summed E-state index contributed by atoms with van der Waals surface area (Å²) >= 11 is 3.33. The minimum absolute atomic E-state index is 0.123.